The Morgan fingerprint density at radius 1 is 1.14 bits per heavy atom. The fourth-order valence-electron chi connectivity index (χ4n) is 2.71. The molecule has 2 N–H and O–H groups in total. The molecule has 4 rings (SSSR count). The Hall–Kier alpha value is -3.47. The van der Waals surface area contributed by atoms with E-state index in [2.05, 4.69) is 25.8 Å². The normalized spacial score (nSPS) is 17.1. The van der Waals surface area contributed by atoms with Crippen molar-refractivity contribution in [1.29, 1.82) is 0 Å². The number of rotatable bonds is 4. The predicted octanol–water partition coefficient (Wildman–Crippen LogP) is 3.08. The van der Waals surface area contributed by atoms with Gasteiger partial charge < -0.3 is 19.8 Å². The highest BCUT2D eigenvalue weighted by Gasteiger charge is 2.31. The fourth-order valence-corrected chi connectivity index (χ4v) is 2.71. The summed E-state index contributed by atoms with van der Waals surface area (Å²) in [6, 6.07) is 7.86. The minimum atomic E-state index is -4.41. The van der Waals surface area contributed by atoms with Gasteiger partial charge in [0.25, 0.3) is 17.7 Å². The van der Waals surface area contributed by atoms with Gasteiger partial charge in [0.1, 0.15) is 0 Å². The van der Waals surface area contributed by atoms with Crippen LogP contribution in [0.3, 0.4) is 0 Å². The van der Waals surface area contributed by atoms with Crippen molar-refractivity contribution < 1.29 is 27.1 Å². The van der Waals surface area contributed by atoms with Gasteiger partial charge in [-0.3, -0.25) is 4.79 Å². The molecule has 1 saturated heterocycles. The molecule has 0 radical (unpaired) electrons. The van der Waals surface area contributed by atoms with Gasteiger partial charge in [0.15, 0.2) is 5.69 Å². The van der Waals surface area contributed by atoms with E-state index in [0.29, 0.717) is 24.5 Å². The molecule has 11 heteroatoms. The van der Waals surface area contributed by atoms with Crippen LogP contribution in [0.5, 0.6) is 0 Å². The Balaban J connectivity index is 1.58. The number of nitrogens with zero attached hydrogens (tertiary/aromatic N) is 3. The van der Waals surface area contributed by atoms with E-state index in [-0.39, 0.29) is 23.4 Å². The maximum atomic E-state index is 12.7. The number of halogens is 3. The summed E-state index contributed by atoms with van der Waals surface area (Å²) in [7, 11) is 0. The maximum absolute atomic E-state index is 12.7. The van der Waals surface area contributed by atoms with Gasteiger partial charge in [-0.05, 0) is 36.4 Å². The number of pyridine rings is 1. The number of nitrogens with one attached hydrogen (secondary N) is 2. The van der Waals surface area contributed by atoms with E-state index in [9.17, 15) is 18.0 Å². The molecule has 1 fully saturated rings. The van der Waals surface area contributed by atoms with Crippen molar-refractivity contribution in [3.8, 4) is 11.6 Å². The fraction of sp³-hybridized carbons (Fsp3) is 0.222. The number of alkyl halides is 3. The minimum Gasteiger partial charge on any atom is -0.416 e. The van der Waals surface area contributed by atoms with Gasteiger partial charge in [0.2, 0.25) is 6.10 Å². The second-order valence-electron chi connectivity index (χ2n) is 6.09. The number of benzene rings is 1. The summed E-state index contributed by atoms with van der Waals surface area (Å²) in [5, 5.41) is 13.4. The number of hydrogen-bond donors (Lipinski definition) is 2. The molecule has 8 nitrogen and oxygen atoms in total. The summed E-state index contributed by atoms with van der Waals surface area (Å²) in [6.45, 7) is 0.718. The molecule has 0 saturated carbocycles. The topological polar surface area (TPSA) is 102 Å². The molecule has 1 aromatic carbocycles. The molecule has 0 aliphatic carbocycles. The summed E-state index contributed by atoms with van der Waals surface area (Å²) in [6.07, 6.45) is -3.91. The lowest BCUT2D eigenvalue weighted by Gasteiger charge is -2.19. The molecule has 3 heterocycles. The van der Waals surface area contributed by atoms with Crippen LogP contribution in [0.4, 0.5) is 24.5 Å². The molecule has 0 spiro atoms. The van der Waals surface area contributed by atoms with Crippen LogP contribution < -0.4 is 10.6 Å². The van der Waals surface area contributed by atoms with Crippen LogP contribution in [-0.2, 0) is 15.7 Å². The molecular weight excluding hydrogens is 391 g/mol. The number of morpholine rings is 1. The Labute approximate surface area is 162 Å². The minimum absolute atomic E-state index is 0.0108. The molecule has 29 heavy (non-hydrogen) atoms. The zero-order valence-electron chi connectivity index (χ0n) is 14.7. The Morgan fingerprint density at radius 3 is 2.66 bits per heavy atom. The number of aromatic nitrogens is 3. The lowest BCUT2D eigenvalue weighted by atomic mass is 10.2. The summed E-state index contributed by atoms with van der Waals surface area (Å²) in [4.78, 5) is 16.1. The number of hydrogen-bond acceptors (Lipinski definition) is 7. The van der Waals surface area contributed by atoms with Crippen LogP contribution in [-0.4, -0.2) is 34.2 Å². The van der Waals surface area contributed by atoms with E-state index < -0.39 is 17.8 Å². The molecule has 0 bridgehead atoms. The third-order valence-corrected chi connectivity index (χ3v) is 4.09. The lowest BCUT2D eigenvalue weighted by molar-refractivity contribution is -0.140. The number of anilines is 2. The van der Waals surface area contributed by atoms with Crippen molar-refractivity contribution in [3.05, 3.63) is 54.0 Å². The van der Waals surface area contributed by atoms with E-state index in [1.807, 2.05) is 0 Å². The molecule has 1 aliphatic heterocycles. The number of amides is 1. The van der Waals surface area contributed by atoms with Crippen molar-refractivity contribution in [2.75, 3.05) is 18.5 Å². The monoisotopic (exact) mass is 405 g/mol. The standard InChI is InChI=1S/C18H14F3N5O3/c19-18(20,21)10-3-5-11(6-4-10)24-12-2-1-7-22-13(12)16-25-26-17(29-16)14-15(27)23-8-9-28-14/h1-7,14,24H,8-9H2,(H,23,27). The first-order chi connectivity index (χ1) is 13.9. The van der Waals surface area contributed by atoms with Crippen LogP contribution >= 0.6 is 0 Å². The summed E-state index contributed by atoms with van der Waals surface area (Å²) in [5.41, 5.74) is 0.391. The van der Waals surface area contributed by atoms with E-state index in [1.165, 1.54) is 18.3 Å². The smallest absolute Gasteiger partial charge is 0.416 e. The summed E-state index contributed by atoms with van der Waals surface area (Å²) >= 11 is 0. The Kier molecular flexibility index (Phi) is 4.89. The average molecular weight is 405 g/mol. The molecule has 2 aromatic heterocycles. The largest absolute Gasteiger partial charge is 0.416 e. The van der Waals surface area contributed by atoms with Crippen molar-refractivity contribution in [3.63, 3.8) is 0 Å². The number of carbonyl (C=O) groups excluding carboxylic acids is 1. The highest BCUT2D eigenvalue weighted by Crippen LogP contribution is 2.32. The average Bonchev–Trinajstić information content (AvgIpc) is 3.18. The predicted molar refractivity (Wildman–Crippen MR) is 94.0 cm³/mol. The van der Waals surface area contributed by atoms with Gasteiger partial charge in [-0.1, -0.05) is 0 Å². The molecule has 1 unspecified atom stereocenters. The van der Waals surface area contributed by atoms with Crippen LogP contribution in [0.2, 0.25) is 0 Å². The first-order valence-electron chi connectivity index (χ1n) is 8.54. The summed E-state index contributed by atoms with van der Waals surface area (Å²) in [5.74, 6) is -0.351. The summed E-state index contributed by atoms with van der Waals surface area (Å²) < 4.78 is 49.1. The first-order valence-corrected chi connectivity index (χ1v) is 8.54. The van der Waals surface area contributed by atoms with Crippen molar-refractivity contribution in [2.24, 2.45) is 0 Å². The SMILES string of the molecule is O=C1NCCOC1c1nnc(-c2ncccc2Nc2ccc(C(F)(F)F)cc2)o1. The van der Waals surface area contributed by atoms with Gasteiger partial charge >= 0.3 is 6.18 Å². The molecule has 150 valence electrons. The molecule has 1 aliphatic rings. The first kappa shape index (κ1) is 18.9. The Bertz CT molecular complexity index is 1020. The van der Waals surface area contributed by atoms with Crippen molar-refractivity contribution in [2.45, 2.75) is 12.3 Å². The zero-order chi connectivity index (χ0) is 20.4. The van der Waals surface area contributed by atoms with Gasteiger partial charge in [-0.25, -0.2) is 4.98 Å². The van der Waals surface area contributed by atoms with E-state index >= 15 is 0 Å². The van der Waals surface area contributed by atoms with Crippen molar-refractivity contribution in [1.82, 2.24) is 20.5 Å². The van der Waals surface area contributed by atoms with Gasteiger partial charge in [0, 0.05) is 18.4 Å². The van der Waals surface area contributed by atoms with Gasteiger partial charge in [0.05, 0.1) is 17.9 Å². The highest BCUT2D eigenvalue weighted by molar-refractivity contribution is 5.81. The van der Waals surface area contributed by atoms with Crippen LogP contribution in [0.15, 0.2) is 47.0 Å². The molecular formula is C18H14F3N5O3. The highest BCUT2D eigenvalue weighted by atomic mass is 19.4. The van der Waals surface area contributed by atoms with Crippen LogP contribution in [0, 0.1) is 0 Å². The maximum Gasteiger partial charge on any atom is 0.416 e. The third-order valence-electron chi connectivity index (χ3n) is 4.09. The zero-order valence-corrected chi connectivity index (χ0v) is 14.7. The van der Waals surface area contributed by atoms with E-state index in [4.69, 9.17) is 9.15 Å². The van der Waals surface area contributed by atoms with Gasteiger partial charge in [-0.2, -0.15) is 13.2 Å². The lowest BCUT2D eigenvalue weighted by Crippen LogP contribution is -2.39. The molecule has 1 amide bonds. The number of ether oxygens (including phenoxy) is 1. The molecule has 3 aromatic rings. The second kappa shape index (κ2) is 7.51. The van der Waals surface area contributed by atoms with Crippen LogP contribution in [0.1, 0.15) is 17.6 Å². The number of carbonyl (C=O) groups is 1. The van der Waals surface area contributed by atoms with E-state index in [1.54, 1.807) is 12.1 Å². The molecule has 1 atom stereocenters. The second-order valence-corrected chi connectivity index (χ2v) is 6.09. The Morgan fingerprint density at radius 2 is 1.93 bits per heavy atom. The quantitative estimate of drug-likeness (QED) is 0.688. The third kappa shape index (κ3) is 4.04. The van der Waals surface area contributed by atoms with Gasteiger partial charge in [-0.15, -0.1) is 10.2 Å². The van der Waals surface area contributed by atoms with Crippen LogP contribution in [0.25, 0.3) is 11.6 Å². The van der Waals surface area contributed by atoms with E-state index in [0.717, 1.165) is 12.1 Å². The van der Waals surface area contributed by atoms with Crippen molar-refractivity contribution >= 4 is 17.3 Å².